The number of benzene rings is 2. The van der Waals surface area contributed by atoms with Crippen LogP contribution < -0.4 is 4.90 Å². The zero-order valence-corrected chi connectivity index (χ0v) is 17.2. The molecule has 0 radical (unpaired) electrons. The fourth-order valence-corrected chi connectivity index (χ4v) is 7.12. The summed E-state index contributed by atoms with van der Waals surface area (Å²) in [4.78, 5) is 27.4. The number of halogens is 1. The van der Waals surface area contributed by atoms with Crippen molar-refractivity contribution in [3.63, 3.8) is 0 Å². The maximum absolute atomic E-state index is 13.2. The second-order valence-electron chi connectivity index (χ2n) is 9.38. The Hall–Kier alpha value is -1.94. The van der Waals surface area contributed by atoms with Crippen LogP contribution in [-0.4, -0.2) is 11.8 Å². The fraction of sp³-hybridized carbons (Fsp3) is 0.417. The van der Waals surface area contributed by atoms with Gasteiger partial charge in [-0.3, -0.25) is 9.59 Å². The number of carbonyl (C=O) groups excluding carboxylic acids is 2. The van der Waals surface area contributed by atoms with Gasteiger partial charge in [-0.25, -0.2) is 4.90 Å². The van der Waals surface area contributed by atoms with Crippen LogP contribution in [-0.2, 0) is 5.41 Å². The van der Waals surface area contributed by atoms with Crippen molar-refractivity contribution >= 4 is 33.4 Å². The number of rotatable bonds is 2. The minimum absolute atomic E-state index is 0.186. The molecule has 0 aromatic heterocycles. The van der Waals surface area contributed by atoms with Crippen LogP contribution in [0.3, 0.4) is 0 Å². The molecule has 4 saturated carbocycles. The molecule has 142 valence electrons. The lowest BCUT2D eigenvalue weighted by molar-refractivity contribution is -0.00520. The van der Waals surface area contributed by atoms with Gasteiger partial charge in [-0.05, 0) is 104 Å². The molecule has 4 fully saturated rings. The zero-order chi connectivity index (χ0) is 19.0. The van der Waals surface area contributed by atoms with Crippen molar-refractivity contribution in [2.24, 2.45) is 17.8 Å². The molecule has 4 heteroatoms. The van der Waals surface area contributed by atoms with Crippen LogP contribution in [0.15, 0.2) is 46.9 Å². The lowest BCUT2D eigenvalue weighted by Crippen LogP contribution is -2.48. The van der Waals surface area contributed by atoms with Crippen molar-refractivity contribution in [2.45, 2.75) is 43.9 Å². The van der Waals surface area contributed by atoms with E-state index in [2.05, 4.69) is 28.1 Å². The fourth-order valence-electron chi connectivity index (χ4n) is 6.86. The SMILES string of the molecule is O=C1c2ccc(C34CC5CC(CC(C5)C3)C4)cc2C(=O)N1c1ccc(Br)cc1. The molecule has 0 saturated heterocycles. The van der Waals surface area contributed by atoms with E-state index in [1.807, 2.05) is 30.3 Å². The van der Waals surface area contributed by atoms with E-state index in [-0.39, 0.29) is 17.2 Å². The Morgan fingerprint density at radius 2 is 1.36 bits per heavy atom. The second kappa shape index (κ2) is 5.79. The van der Waals surface area contributed by atoms with Gasteiger partial charge in [0.25, 0.3) is 11.8 Å². The smallest absolute Gasteiger partial charge is 0.266 e. The summed E-state index contributed by atoms with van der Waals surface area (Å²) in [5.74, 6) is 2.18. The summed E-state index contributed by atoms with van der Waals surface area (Å²) >= 11 is 3.41. The van der Waals surface area contributed by atoms with Gasteiger partial charge in [0, 0.05) is 4.47 Å². The monoisotopic (exact) mass is 435 g/mol. The van der Waals surface area contributed by atoms with Gasteiger partial charge in [-0.1, -0.05) is 22.0 Å². The van der Waals surface area contributed by atoms with Crippen LogP contribution in [0.5, 0.6) is 0 Å². The van der Waals surface area contributed by atoms with Gasteiger partial charge in [-0.15, -0.1) is 0 Å². The van der Waals surface area contributed by atoms with E-state index in [4.69, 9.17) is 0 Å². The average molecular weight is 436 g/mol. The van der Waals surface area contributed by atoms with E-state index in [1.165, 1.54) is 49.0 Å². The highest BCUT2D eigenvalue weighted by Gasteiger charge is 2.52. The number of amides is 2. The summed E-state index contributed by atoms with van der Waals surface area (Å²) in [6, 6.07) is 13.4. The molecule has 2 aromatic carbocycles. The van der Waals surface area contributed by atoms with E-state index < -0.39 is 0 Å². The van der Waals surface area contributed by atoms with Crippen molar-refractivity contribution in [3.8, 4) is 0 Å². The molecule has 0 spiro atoms. The van der Waals surface area contributed by atoms with Crippen LogP contribution in [0.25, 0.3) is 0 Å². The third-order valence-corrected chi connectivity index (χ3v) is 8.15. The van der Waals surface area contributed by atoms with Crippen LogP contribution in [0.1, 0.15) is 64.8 Å². The number of imide groups is 1. The maximum atomic E-state index is 13.2. The first-order chi connectivity index (χ1) is 13.5. The normalized spacial score (nSPS) is 32.9. The molecule has 2 amide bonds. The summed E-state index contributed by atoms with van der Waals surface area (Å²) in [6.45, 7) is 0. The Balaban J connectivity index is 1.39. The van der Waals surface area contributed by atoms with Crippen molar-refractivity contribution in [2.75, 3.05) is 4.90 Å². The highest BCUT2D eigenvalue weighted by atomic mass is 79.9. The largest absolute Gasteiger partial charge is 0.268 e. The van der Waals surface area contributed by atoms with Gasteiger partial charge in [0.05, 0.1) is 16.8 Å². The highest BCUT2D eigenvalue weighted by molar-refractivity contribution is 9.10. The van der Waals surface area contributed by atoms with Crippen molar-refractivity contribution in [1.82, 2.24) is 0 Å². The van der Waals surface area contributed by atoms with Crippen LogP contribution in [0.2, 0.25) is 0 Å². The first kappa shape index (κ1) is 17.0. The van der Waals surface area contributed by atoms with Crippen LogP contribution in [0, 0.1) is 17.8 Å². The van der Waals surface area contributed by atoms with Crippen molar-refractivity contribution < 1.29 is 9.59 Å². The molecule has 0 atom stereocenters. The molecule has 4 aliphatic carbocycles. The molecule has 0 unspecified atom stereocenters. The summed E-state index contributed by atoms with van der Waals surface area (Å²) < 4.78 is 0.928. The van der Waals surface area contributed by atoms with E-state index >= 15 is 0 Å². The maximum Gasteiger partial charge on any atom is 0.266 e. The van der Waals surface area contributed by atoms with Crippen LogP contribution in [0.4, 0.5) is 5.69 Å². The molecule has 28 heavy (non-hydrogen) atoms. The molecule has 1 heterocycles. The van der Waals surface area contributed by atoms with E-state index in [0.29, 0.717) is 16.8 Å². The lowest BCUT2D eigenvalue weighted by atomic mass is 9.48. The Labute approximate surface area is 173 Å². The van der Waals surface area contributed by atoms with E-state index in [9.17, 15) is 9.59 Å². The Bertz CT molecular complexity index is 974. The van der Waals surface area contributed by atoms with Gasteiger partial charge in [0.2, 0.25) is 0 Å². The number of carbonyl (C=O) groups is 2. The lowest BCUT2D eigenvalue weighted by Gasteiger charge is -2.57. The third kappa shape index (κ3) is 2.33. The summed E-state index contributed by atoms with van der Waals surface area (Å²) in [6.07, 6.45) is 7.99. The summed E-state index contributed by atoms with van der Waals surface area (Å²) in [5.41, 5.74) is 3.29. The van der Waals surface area contributed by atoms with Gasteiger partial charge in [0.1, 0.15) is 0 Å². The summed E-state index contributed by atoms with van der Waals surface area (Å²) in [7, 11) is 0. The Morgan fingerprint density at radius 1 is 0.786 bits per heavy atom. The molecular weight excluding hydrogens is 414 g/mol. The average Bonchev–Trinajstić information content (AvgIpc) is 2.92. The van der Waals surface area contributed by atoms with Crippen molar-refractivity contribution in [3.05, 3.63) is 63.6 Å². The molecule has 4 bridgehead atoms. The van der Waals surface area contributed by atoms with Gasteiger partial charge in [-0.2, -0.15) is 0 Å². The van der Waals surface area contributed by atoms with E-state index in [1.54, 1.807) is 0 Å². The standard InChI is InChI=1S/C24H22BrNO2/c25-18-2-4-19(5-3-18)26-22(27)20-6-1-17(10-21(20)23(26)28)24-11-14-7-15(12-24)9-16(8-14)13-24/h1-6,10,14-16H,7-9,11-13H2. The topological polar surface area (TPSA) is 37.4 Å². The molecular formula is C24H22BrNO2. The van der Waals surface area contributed by atoms with E-state index in [0.717, 1.165) is 22.2 Å². The number of fused-ring (bicyclic) bond motifs is 1. The molecule has 2 aromatic rings. The van der Waals surface area contributed by atoms with Gasteiger partial charge in [0.15, 0.2) is 0 Å². The number of nitrogens with zero attached hydrogens (tertiary/aromatic N) is 1. The molecule has 0 N–H and O–H groups in total. The predicted octanol–water partition coefficient (Wildman–Crippen LogP) is 5.72. The summed E-state index contributed by atoms with van der Waals surface area (Å²) in [5, 5.41) is 0. The molecule has 3 nitrogen and oxygen atoms in total. The quantitative estimate of drug-likeness (QED) is 0.565. The molecule has 1 aliphatic heterocycles. The third-order valence-electron chi connectivity index (χ3n) is 7.62. The predicted molar refractivity (Wildman–Crippen MR) is 112 cm³/mol. The number of hydrogen-bond donors (Lipinski definition) is 0. The molecule has 7 rings (SSSR count). The van der Waals surface area contributed by atoms with Gasteiger partial charge < -0.3 is 0 Å². The zero-order valence-electron chi connectivity index (χ0n) is 15.7. The van der Waals surface area contributed by atoms with Crippen LogP contribution >= 0.6 is 15.9 Å². The Kier molecular flexibility index (Phi) is 3.51. The minimum atomic E-state index is -0.209. The van der Waals surface area contributed by atoms with Crippen molar-refractivity contribution in [1.29, 1.82) is 0 Å². The Morgan fingerprint density at radius 3 is 1.96 bits per heavy atom. The highest BCUT2D eigenvalue weighted by Crippen LogP contribution is 2.60. The molecule has 5 aliphatic rings. The van der Waals surface area contributed by atoms with Gasteiger partial charge >= 0.3 is 0 Å². The number of anilines is 1. The first-order valence-corrected chi connectivity index (χ1v) is 11.1. The second-order valence-corrected chi connectivity index (χ2v) is 10.3. The first-order valence-electron chi connectivity index (χ1n) is 10.3. The number of hydrogen-bond acceptors (Lipinski definition) is 2. The minimum Gasteiger partial charge on any atom is -0.268 e.